The van der Waals surface area contributed by atoms with E-state index in [9.17, 15) is 4.79 Å². The standard InChI is InChI=1S/C11H8Br2O2/c12-4-2-1-3-8-5-9(11(14)15)7-10(13)6-8/h5-7H,2,4H2,(H,14,15). The van der Waals surface area contributed by atoms with Gasteiger partial charge in [0.15, 0.2) is 0 Å². The third-order valence-corrected chi connectivity index (χ3v) is 2.45. The number of alkyl halides is 1. The number of benzene rings is 1. The van der Waals surface area contributed by atoms with Gasteiger partial charge in [-0.2, -0.15) is 0 Å². The Hall–Kier alpha value is -0.790. The van der Waals surface area contributed by atoms with Crippen molar-refractivity contribution in [2.75, 3.05) is 5.33 Å². The van der Waals surface area contributed by atoms with Crippen molar-refractivity contribution in [1.82, 2.24) is 0 Å². The lowest BCUT2D eigenvalue weighted by Crippen LogP contribution is -1.96. The SMILES string of the molecule is O=C(O)c1cc(Br)cc(C#CCCBr)c1. The molecule has 1 rings (SSSR count). The van der Waals surface area contributed by atoms with Crippen molar-refractivity contribution >= 4 is 37.8 Å². The first-order chi connectivity index (χ1) is 7.13. The van der Waals surface area contributed by atoms with Crippen LogP contribution >= 0.6 is 31.9 Å². The fourth-order valence-corrected chi connectivity index (χ4v) is 1.69. The van der Waals surface area contributed by atoms with E-state index in [2.05, 4.69) is 43.7 Å². The molecule has 0 spiro atoms. The molecule has 78 valence electrons. The highest BCUT2D eigenvalue weighted by atomic mass is 79.9. The molecular weight excluding hydrogens is 324 g/mol. The van der Waals surface area contributed by atoms with Crippen LogP contribution in [0.4, 0.5) is 0 Å². The topological polar surface area (TPSA) is 37.3 Å². The largest absolute Gasteiger partial charge is 0.478 e. The molecule has 0 atom stereocenters. The highest BCUT2D eigenvalue weighted by molar-refractivity contribution is 9.10. The predicted octanol–water partition coefficient (Wildman–Crippen LogP) is 3.28. The summed E-state index contributed by atoms with van der Waals surface area (Å²) in [6.07, 6.45) is 0.745. The zero-order valence-electron chi connectivity index (χ0n) is 7.76. The Morgan fingerprint density at radius 2 is 2.13 bits per heavy atom. The molecule has 0 amide bonds. The molecular formula is C11H8Br2O2. The molecule has 15 heavy (non-hydrogen) atoms. The lowest BCUT2D eigenvalue weighted by atomic mass is 10.1. The molecule has 0 fully saturated rings. The van der Waals surface area contributed by atoms with Crippen LogP contribution in [0.25, 0.3) is 0 Å². The maximum atomic E-state index is 10.8. The van der Waals surface area contributed by atoms with Crippen LogP contribution in [0, 0.1) is 11.8 Å². The van der Waals surface area contributed by atoms with Crippen molar-refractivity contribution in [3.63, 3.8) is 0 Å². The maximum Gasteiger partial charge on any atom is 0.335 e. The first kappa shape index (κ1) is 12.3. The Morgan fingerprint density at radius 3 is 2.73 bits per heavy atom. The fourth-order valence-electron chi connectivity index (χ4n) is 0.997. The summed E-state index contributed by atoms with van der Waals surface area (Å²) < 4.78 is 0.727. The van der Waals surface area contributed by atoms with E-state index in [0.29, 0.717) is 5.56 Å². The highest BCUT2D eigenvalue weighted by Crippen LogP contribution is 2.15. The van der Waals surface area contributed by atoms with Crippen LogP contribution in [-0.2, 0) is 0 Å². The van der Waals surface area contributed by atoms with Crippen molar-refractivity contribution in [2.45, 2.75) is 6.42 Å². The minimum absolute atomic E-state index is 0.243. The molecule has 0 aliphatic rings. The lowest BCUT2D eigenvalue weighted by Gasteiger charge is -1.97. The number of carbonyl (C=O) groups is 1. The summed E-state index contributed by atoms with van der Waals surface area (Å²) in [4.78, 5) is 10.8. The fraction of sp³-hybridized carbons (Fsp3) is 0.182. The lowest BCUT2D eigenvalue weighted by molar-refractivity contribution is 0.0697. The Balaban J connectivity index is 3.00. The van der Waals surface area contributed by atoms with Crippen molar-refractivity contribution in [3.05, 3.63) is 33.8 Å². The molecule has 0 aliphatic carbocycles. The van der Waals surface area contributed by atoms with Gasteiger partial charge in [-0.05, 0) is 18.2 Å². The number of hydrogen-bond donors (Lipinski definition) is 1. The van der Waals surface area contributed by atoms with Gasteiger partial charge in [0.25, 0.3) is 0 Å². The molecule has 0 saturated heterocycles. The third kappa shape index (κ3) is 4.06. The van der Waals surface area contributed by atoms with Gasteiger partial charge in [0.1, 0.15) is 0 Å². The monoisotopic (exact) mass is 330 g/mol. The van der Waals surface area contributed by atoms with Crippen molar-refractivity contribution in [3.8, 4) is 11.8 Å². The average molecular weight is 332 g/mol. The molecule has 0 heterocycles. The Bertz CT molecular complexity index is 430. The van der Waals surface area contributed by atoms with E-state index in [1.807, 2.05) is 0 Å². The molecule has 4 heteroatoms. The van der Waals surface area contributed by atoms with E-state index in [1.165, 1.54) is 0 Å². The Labute approximate surface area is 105 Å². The number of carboxylic acids is 1. The van der Waals surface area contributed by atoms with Crippen LogP contribution in [-0.4, -0.2) is 16.4 Å². The van der Waals surface area contributed by atoms with Crippen LogP contribution in [0.2, 0.25) is 0 Å². The van der Waals surface area contributed by atoms with E-state index in [4.69, 9.17) is 5.11 Å². The van der Waals surface area contributed by atoms with Crippen molar-refractivity contribution in [2.24, 2.45) is 0 Å². The molecule has 2 nitrogen and oxygen atoms in total. The van der Waals surface area contributed by atoms with E-state index >= 15 is 0 Å². The van der Waals surface area contributed by atoms with Crippen molar-refractivity contribution < 1.29 is 9.90 Å². The zero-order chi connectivity index (χ0) is 11.3. The van der Waals surface area contributed by atoms with Gasteiger partial charge in [0.05, 0.1) is 5.56 Å². The van der Waals surface area contributed by atoms with Crippen LogP contribution < -0.4 is 0 Å². The van der Waals surface area contributed by atoms with E-state index in [1.54, 1.807) is 18.2 Å². The van der Waals surface area contributed by atoms with Gasteiger partial charge in [-0.3, -0.25) is 0 Å². The van der Waals surface area contributed by atoms with Gasteiger partial charge in [-0.25, -0.2) is 4.79 Å². The molecule has 0 aromatic heterocycles. The van der Waals surface area contributed by atoms with E-state index < -0.39 is 5.97 Å². The predicted molar refractivity (Wildman–Crippen MR) is 66.4 cm³/mol. The smallest absolute Gasteiger partial charge is 0.335 e. The second kappa shape index (κ2) is 5.94. The summed E-state index contributed by atoms with van der Waals surface area (Å²) in [7, 11) is 0. The molecule has 1 aromatic rings. The van der Waals surface area contributed by atoms with Gasteiger partial charge >= 0.3 is 5.97 Å². The number of aromatic carboxylic acids is 1. The van der Waals surface area contributed by atoms with Gasteiger partial charge in [0.2, 0.25) is 0 Å². The second-order valence-electron chi connectivity index (χ2n) is 2.77. The second-order valence-corrected chi connectivity index (χ2v) is 4.48. The van der Waals surface area contributed by atoms with Gasteiger partial charge in [-0.1, -0.05) is 43.7 Å². The molecule has 0 radical (unpaired) electrons. The summed E-state index contributed by atoms with van der Waals surface area (Å²) in [6, 6.07) is 4.92. The highest BCUT2D eigenvalue weighted by Gasteiger charge is 2.04. The summed E-state index contributed by atoms with van der Waals surface area (Å²) >= 11 is 6.52. The first-order valence-electron chi connectivity index (χ1n) is 4.22. The summed E-state index contributed by atoms with van der Waals surface area (Å²) in [5.74, 6) is 4.90. The summed E-state index contributed by atoms with van der Waals surface area (Å²) in [6.45, 7) is 0. The van der Waals surface area contributed by atoms with Crippen LogP contribution in [0.15, 0.2) is 22.7 Å². The maximum absolute atomic E-state index is 10.8. The molecule has 0 bridgehead atoms. The molecule has 0 saturated carbocycles. The van der Waals surface area contributed by atoms with Gasteiger partial charge in [0, 0.05) is 21.8 Å². The van der Waals surface area contributed by atoms with Crippen LogP contribution in [0.1, 0.15) is 22.3 Å². The number of hydrogen-bond acceptors (Lipinski definition) is 1. The normalized spacial score (nSPS) is 9.20. The van der Waals surface area contributed by atoms with Gasteiger partial charge in [-0.15, -0.1) is 0 Å². The number of halogens is 2. The first-order valence-corrected chi connectivity index (χ1v) is 6.13. The summed E-state index contributed by atoms with van der Waals surface area (Å²) in [5.41, 5.74) is 0.954. The van der Waals surface area contributed by atoms with Crippen LogP contribution in [0.3, 0.4) is 0 Å². The average Bonchev–Trinajstić information content (AvgIpc) is 2.17. The number of rotatable bonds is 2. The Morgan fingerprint density at radius 1 is 1.40 bits per heavy atom. The Kier molecular flexibility index (Phi) is 4.86. The minimum Gasteiger partial charge on any atom is -0.478 e. The third-order valence-electron chi connectivity index (χ3n) is 1.60. The zero-order valence-corrected chi connectivity index (χ0v) is 10.9. The molecule has 1 N–H and O–H groups in total. The van der Waals surface area contributed by atoms with Crippen LogP contribution in [0.5, 0.6) is 0 Å². The van der Waals surface area contributed by atoms with E-state index in [0.717, 1.165) is 16.2 Å². The minimum atomic E-state index is -0.945. The van der Waals surface area contributed by atoms with E-state index in [-0.39, 0.29) is 5.56 Å². The number of carboxylic acid groups (broad SMARTS) is 1. The molecule has 0 unspecified atom stereocenters. The molecule has 0 aliphatic heterocycles. The van der Waals surface area contributed by atoms with Gasteiger partial charge < -0.3 is 5.11 Å². The quantitative estimate of drug-likeness (QED) is 0.667. The summed E-state index contributed by atoms with van der Waals surface area (Å²) in [5, 5.41) is 9.65. The van der Waals surface area contributed by atoms with Crippen molar-refractivity contribution in [1.29, 1.82) is 0 Å². The molecule has 1 aromatic carbocycles.